The number of anilines is 1. The molecule has 0 heterocycles. The number of amides is 1. The molecular weight excluding hydrogens is 320 g/mol. The summed E-state index contributed by atoms with van der Waals surface area (Å²) in [7, 11) is 0. The summed E-state index contributed by atoms with van der Waals surface area (Å²) >= 11 is 0. The molecular formula is C19H22N2O4. The zero-order valence-electron chi connectivity index (χ0n) is 14.6. The quantitative estimate of drug-likeness (QED) is 0.593. The van der Waals surface area contributed by atoms with Crippen molar-refractivity contribution in [1.29, 1.82) is 0 Å². The molecule has 0 fully saturated rings. The predicted octanol–water partition coefficient (Wildman–Crippen LogP) is 4.51. The number of para-hydroxylation sites is 3. The lowest BCUT2D eigenvalue weighted by atomic mass is 9.97. The van der Waals surface area contributed by atoms with Gasteiger partial charge in [-0.15, -0.1) is 0 Å². The van der Waals surface area contributed by atoms with Gasteiger partial charge in [0.15, 0.2) is 11.9 Å². The summed E-state index contributed by atoms with van der Waals surface area (Å²) in [4.78, 5) is 23.0. The SMILES string of the molecule is CC[C@@H](C)c1ccccc1NC(=O)[C@@H](C)Oc1ccccc1[N+](=O)[O-]. The molecule has 0 spiro atoms. The van der Waals surface area contributed by atoms with Crippen molar-refractivity contribution in [2.24, 2.45) is 0 Å². The minimum absolute atomic E-state index is 0.0744. The highest BCUT2D eigenvalue weighted by Crippen LogP contribution is 2.28. The molecule has 2 aromatic rings. The Hall–Kier alpha value is -2.89. The first kappa shape index (κ1) is 18.4. The summed E-state index contributed by atoms with van der Waals surface area (Å²) < 4.78 is 5.51. The average Bonchev–Trinajstić information content (AvgIpc) is 2.61. The first-order valence-electron chi connectivity index (χ1n) is 8.23. The van der Waals surface area contributed by atoms with E-state index in [1.54, 1.807) is 19.1 Å². The molecule has 0 aliphatic carbocycles. The van der Waals surface area contributed by atoms with E-state index in [1.165, 1.54) is 12.1 Å². The van der Waals surface area contributed by atoms with Gasteiger partial charge >= 0.3 is 5.69 Å². The lowest BCUT2D eigenvalue weighted by Crippen LogP contribution is -2.30. The summed E-state index contributed by atoms with van der Waals surface area (Å²) in [6.07, 6.45) is 0.0842. The van der Waals surface area contributed by atoms with Crippen LogP contribution in [0.4, 0.5) is 11.4 Å². The van der Waals surface area contributed by atoms with Gasteiger partial charge in [0, 0.05) is 11.8 Å². The van der Waals surface area contributed by atoms with Gasteiger partial charge in [0.2, 0.25) is 0 Å². The Morgan fingerprint density at radius 2 is 1.80 bits per heavy atom. The average molecular weight is 342 g/mol. The highest BCUT2D eigenvalue weighted by Gasteiger charge is 2.21. The maximum atomic E-state index is 12.5. The molecule has 0 unspecified atom stereocenters. The van der Waals surface area contributed by atoms with Gasteiger partial charge < -0.3 is 10.1 Å². The summed E-state index contributed by atoms with van der Waals surface area (Å²) in [6.45, 7) is 5.75. The van der Waals surface area contributed by atoms with Crippen molar-refractivity contribution < 1.29 is 14.5 Å². The Labute approximate surface area is 147 Å². The van der Waals surface area contributed by atoms with Crippen molar-refractivity contribution in [1.82, 2.24) is 0 Å². The summed E-state index contributed by atoms with van der Waals surface area (Å²) in [5.41, 5.74) is 1.62. The first-order valence-corrected chi connectivity index (χ1v) is 8.23. The molecule has 1 N–H and O–H groups in total. The molecule has 0 aromatic heterocycles. The third-order valence-electron chi connectivity index (χ3n) is 4.10. The van der Waals surface area contributed by atoms with Gasteiger partial charge in [-0.2, -0.15) is 0 Å². The molecule has 0 bridgehead atoms. The van der Waals surface area contributed by atoms with Crippen LogP contribution < -0.4 is 10.1 Å². The van der Waals surface area contributed by atoms with Crippen molar-refractivity contribution >= 4 is 17.3 Å². The molecule has 2 atom stereocenters. The van der Waals surface area contributed by atoms with Gasteiger partial charge in [0.25, 0.3) is 5.91 Å². The van der Waals surface area contributed by atoms with E-state index in [0.29, 0.717) is 5.92 Å². The Kier molecular flexibility index (Phi) is 6.11. The van der Waals surface area contributed by atoms with Crippen LogP contribution in [-0.4, -0.2) is 16.9 Å². The molecule has 25 heavy (non-hydrogen) atoms. The van der Waals surface area contributed by atoms with E-state index in [1.807, 2.05) is 24.3 Å². The van der Waals surface area contributed by atoms with E-state index in [2.05, 4.69) is 19.2 Å². The topological polar surface area (TPSA) is 81.5 Å². The molecule has 0 aliphatic rings. The highest BCUT2D eigenvalue weighted by molar-refractivity contribution is 5.95. The van der Waals surface area contributed by atoms with Crippen LogP contribution in [0.5, 0.6) is 5.75 Å². The monoisotopic (exact) mass is 342 g/mol. The smallest absolute Gasteiger partial charge is 0.310 e. The van der Waals surface area contributed by atoms with Crippen LogP contribution in [0.2, 0.25) is 0 Å². The second kappa shape index (κ2) is 8.28. The van der Waals surface area contributed by atoms with E-state index in [4.69, 9.17) is 4.74 Å². The van der Waals surface area contributed by atoms with Gasteiger partial charge in [-0.25, -0.2) is 0 Å². The van der Waals surface area contributed by atoms with Crippen molar-refractivity contribution in [3.63, 3.8) is 0 Å². The highest BCUT2D eigenvalue weighted by atomic mass is 16.6. The van der Waals surface area contributed by atoms with Crippen LogP contribution in [0.25, 0.3) is 0 Å². The van der Waals surface area contributed by atoms with Crippen molar-refractivity contribution in [3.05, 3.63) is 64.2 Å². The van der Waals surface area contributed by atoms with Crippen LogP contribution in [-0.2, 0) is 4.79 Å². The summed E-state index contributed by atoms with van der Waals surface area (Å²) in [5, 5.41) is 13.9. The van der Waals surface area contributed by atoms with Crippen molar-refractivity contribution in [2.75, 3.05) is 5.32 Å². The Morgan fingerprint density at radius 1 is 1.16 bits per heavy atom. The number of carbonyl (C=O) groups is 1. The third kappa shape index (κ3) is 4.56. The summed E-state index contributed by atoms with van der Waals surface area (Å²) in [6, 6.07) is 13.6. The standard InChI is InChI=1S/C19H22N2O4/c1-4-13(2)15-9-5-6-10-16(15)20-19(22)14(3)25-18-12-8-7-11-17(18)21(23)24/h5-14H,4H2,1-3H3,(H,20,22)/t13-,14-/m1/s1. The molecule has 0 radical (unpaired) electrons. The minimum Gasteiger partial charge on any atom is -0.474 e. The molecule has 1 amide bonds. The number of benzene rings is 2. The maximum Gasteiger partial charge on any atom is 0.310 e. The van der Waals surface area contributed by atoms with E-state index in [0.717, 1.165) is 17.7 Å². The van der Waals surface area contributed by atoms with Crippen molar-refractivity contribution in [2.45, 2.75) is 39.2 Å². The lowest BCUT2D eigenvalue weighted by molar-refractivity contribution is -0.386. The number of hydrogen-bond acceptors (Lipinski definition) is 4. The van der Waals surface area contributed by atoms with Gasteiger partial charge in [0.1, 0.15) is 0 Å². The second-order valence-electron chi connectivity index (χ2n) is 5.87. The molecule has 132 valence electrons. The van der Waals surface area contributed by atoms with Gasteiger partial charge in [0.05, 0.1) is 4.92 Å². The zero-order valence-corrected chi connectivity index (χ0v) is 14.6. The molecule has 0 saturated heterocycles. The fourth-order valence-electron chi connectivity index (χ4n) is 2.45. The van der Waals surface area contributed by atoms with Crippen LogP contribution in [0.1, 0.15) is 38.7 Å². The number of nitrogens with zero attached hydrogens (tertiary/aromatic N) is 1. The minimum atomic E-state index is -0.869. The summed E-state index contributed by atoms with van der Waals surface area (Å²) in [5.74, 6) is 0.0298. The molecule has 6 nitrogen and oxygen atoms in total. The van der Waals surface area contributed by atoms with Crippen LogP contribution in [0, 0.1) is 10.1 Å². The Bertz CT molecular complexity index is 761. The Morgan fingerprint density at radius 3 is 2.48 bits per heavy atom. The Balaban J connectivity index is 2.13. The molecule has 0 saturated carbocycles. The van der Waals surface area contributed by atoms with E-state index in [9.17, 15) is 14.9 Å². The van der Waals surface area contributed by atoms with Crippen LogP contribution in [0.15, 0.2) is 48.5 Å². The number of nitro groups is 1. The van der Waals surface area contributed by atoms with Crippen LogP contribution in [0.3, 0.4) is 0 Å². The van der Waals surface area contributed by atoms with Gasteiger partial charge in [-0.3, -0.25) is 14.9 Å². The van der Waals surface area contributed by atoms with Gasteiger partial charge in [-0.05, 0) is 37.0 Å². The maximum absolute atomic E-state index is 12.5. The lowest BCUT2D eigenvalue weighted by Gasteiger charge is -2.18. The number of carbonyl (C=O) groups excluding carboxylic acids is 1. The number of ether oxygens (including phenoxy) is 1. The fourth-order valence-corrected chi connectivity index (χ4v) is 2.45. The number of hydrogen-bond donors (Lipinski definition) is 1. The van der Waals surface area contributed by atoms with Crippen molar-refractivity contribution in [3.8, 4) is 5.75 Å². The molecule has 2 aromatic carbocycles. The zero-order chi connectivity index (χ0) is 18.4. The molecule has 0 aliphatic heterocycles. The largest absolute Gasteiger partial charge is 0.474 e. The van der Waals surface area contributed by atoms with Gasteiger partial charge in [-0.1, -0.05) is 44.2 Å². The first-order chi connectivity index (χ1) is 11.9. The number of rotatable bonds is 7. The van der Waals surface area contributed by atoms with E-state index < -0.39 is 11.0 Å². The predicted molar refractivity (Wildman–Crippen MR) is 97.0 cm³/mol. The van der Waals surface area contributed by atoms with E-state index >= 15 is 0 Å². The normalized spacial score (nSPS) is 12.9. The third-order valence-corrected chi connectivity index (χ3v) is 4.10. The second-order valence-corrected chi connectivity index (χ2v) is 5.87. The van der Waals surface area contributed by atoms with Crippen LogP contribution >= 0.6 is 0 Å². The fraction of sp³-hybridized carbons (Fsp3) is 0.316. The number of nitrogens with one attached hydrogen (secondary N) is 1. The van der Waals surface area contributed by atoms with E-state index in [-0.39, 0.29) is 17.3 Å². The number of nitro benzene ring substituents is 1. The molecule has 6 heteroatoms. The molecule has 2 rings (SSSR count).